The lowest BCUT2D eigenvalue weighted by atomic mass is 10.5. The third kappa shape index (κ3) is 0.896. The molecule has 0 aliphatic heterocycles. The van der Waals surface area contributed by atoms with E-state index in [9.17, 15) is 4.79 Å². The van der Waals surface area contributed by atoms with E-state index in [1.54, 1.807) is 19.2 Å². The molecule has 0 aliphatic rings. The molecule has 0 saturated carbocycles. The van der Waals surface area contributed by atoms with Crippen molar-refractivity contribution >= 4 is 21.4 Å². The van der Waals surface area contributed by atoms with E-state index in [1.165, 1.54) is 4.40 Å². The lowest BCUT2D eigenvalue weighted by molar-refractivity contribution is 0.941. The van der Waals surface area contributed by atoms with Crippen LogP contribution in [0, 0.1) is 6.92 Å². The van der Waals surface area contributed by atoms with Gasteiger partial charge in [-0.05, 0) is 28.9 Å². The van der Waals surface area contributed by atoms with Gasteiger partial charge in [0.05, 0.1) is 5.52 Å². The Morgan fingerprint density at radius 1 is 1.67 bits per heavy atom. The van der Waals surface area contributed by atoms with Crippen LogP contribution in [0.3, 0.4) is 0 Å². The summed E-state index contributed by atoms with van der Waals surface area (Å²) in [7, 11) is 0. The normalized spacial score (nSPS) is 10.8. The summed E-state index contributed by atoms with van der Waals surface area (Å²) in [6.07, 6.45) is 1.60. The van der Waals surface area contributed by atoms with Crippen LogP contribution in [0.2, 0.25) is 0 Å². The van der Waals surface area contributed by atoms with Crippen molar-refractivity contribution in [2.24, 2.45) is 0 Å². The average Bonchev–Trinajstić information content (AvgIpc) is 2.29. The Labute approximate surface area is 76.4 Å². The summed E-state index contributed by atoms with van der Waals surface area (Å²) in [5, 5.41) is 0. The predicted molar refractivity (Wildman–Crippen MR) is 48.2 cm³/mol. The molecule has 0 aliphatic carbocycles. The van der Waals surface area contributed by atoms with Crippen LogP contribution in [0.1, 0.15) is 5.82 Å². The maximum Gasteiger partial charge on any atom is 0.331 e. The molecule has 2 heterocycles. The Kier molecular flexibility index (Phi) is 1.54. The fourth-order valence-corrected chi connectivity index (χ4v) is 1.74. The van der Waals surface area contributed by atoms with Crippen LogP contribution < -0.4 is 5.69 Å². The van der Waals surface area contributed by atoms with Crippen molar-refractivity contribution in [1.82, 2.24) is 14.4 Å². The van der Waals surface area contributed by atoms with Gasteiger partial charge in [0.2, 0.25) is 0 Å². The molecule has 5 heteroatoms. The number of fused-ring (bicyclic) bond motifs is 1. The van der Waals surface area contributed by atoms with Crippen LogP contribution in [-0.4, -0.2) is 14.4 Å². The van der Waals surface area contributed by atoms with Gasteiger partial charge in [0, 0.05) is 6.20 Å². The van der Waals surface area contributed by atoms with E-state index in [1.807, 2.05) is 0 Å². The first-order valence-electron chi connectivity index (χ1n) is 3.42. The number of H-pyrrole nitrogens is 1. The fraction of sp³-hybridized carbons (Fsp3) is 0.143. The molecule has 62 valence electrons. The van der Waals surface area contributed by atoms with Gasteiger partial charge in [-0.15, -0.1) is 0 Å². The molecule has 0 fully saturated rings. The van der Waals surface area contributed by atoms with Crippen LogP contribution in [0.4, 0.5) is 0 Å². The number of rotatable bonds is 0. The van der Waals surface area contributed by atoms with Crippen molar-refractivity contribution in [3.63, 3.8) is 0 Å². The number of aromatic amines is 1. The molecule has 2 aromatic heterocycles. The molecule has 0 aromatic carbocycles. The van der Waals surface area contributed by atoms with E-state index in [4.69, 9.17) is 0 Å². The molecule has 4 nitrogen and oxygen atoms in total. The quantitative estimate of drug-likeness (QED) is 0.733. The molecule has 0 radical (unpaired) electrons. The van der Waals surface area contributed by atoms with Crippen LogP contribution in [0.5, 0.6) is 0 Å². The van der Waals surface area contributed by atoms with Crippen molar-refractivity contribution in [3.8, 4) is 0 Å². The monoisotopic (exact) mass is 227 g/mol. The fourth-order valence-electron chi connectivity index (χ4n) is 1.17. The zero-order valence-corrected chi connectivity index (χ0v) is 7.92. The molecular weight excluding hydrogens is 222 g/mol. The molecular formula is C7H6BrN3O. The van der Waals surface area contributed by atoms with Gasteiger partial charge >= 0.3 is 5.69 Å². The zero-order valence-electron chi connectivity index (χ0n) is 6.34. The van der Waals surface area contributed by atoms with Gasteiger partial charge in [0.15, 0.2) is 0 Å². The molecule has 0 unspecified atom stereocenters. The number of nitrogens with zero attached hydrogens (tertiary/aromatic N) is 2. The van der Waals surface area contributed by atoms with E-state index in [0.29, 0.717) is 10.4 Å². The Hall–Kier alpha value is -1.10. The average molecular weight is 228 g/mol. The Morgan fingerprint density at radius 3 is 3.08 bits per heavy atom. The van der Waals surface area contributed by atoms with Gasteiger partial charge in [-0.1, -0.05) is 0 Å². The van der Waals surface area contributed by atoms with Crippen molar-refractivity contribution < 1.29 is 0 Å². The zero-order chi connectivity index (χ0) is 8.72. The number of nitrogens with one attached hydrogen (secondary N) is 1. The smallest absolute Gasteiger partial charge is 0.314 e. The van der Waals surface area contributed by atoms with Crippen molar-refractivity contribution in [1.29, 1.82) is 0 Å². The molecule has 0 amide bonds. The maximum absolute atomic E-state index is 11.3. The maximum atomic E-state index is 11.3. The predicted octanol–water partition coefficient (Wildman–Crippen LogP) is 1.09. The Morgan fingerprint density at radius 2 is 2.42 bits per heavy atom. The first-order valence-corrected chi connectivity index (χ1v) is 4.21. The van der Waals surface area contributed by atoms with Crippen molar-refractivity contribution in [2.45, 2.75) is 6.92 Å². The van der Waals surface area contributed by atoms with Gasteiger partial charge in [0.25, 0.3) is 0 Å². The number of aryl methyl sites for hydroxylation is 1. The Bertz CT molecular complexity index is 485. The van der Waals surface area contributed by atoms with Gasteiger partial charge in [-0.25, -0.2) is 14.2 Å². The first kappa shape index (κ1) is 7.54. The van der Waals surface area contributed by atoms with E-state index in [2.05, 4.69) is 25.9 Å². The summed E-state index contributed by atoms with van der Waals surface area (Å²) >= 11 is 3.27. The number of hydrogen-bond donors (Lipinski definition) is 1. The minimum absolute atomic E-state index is 0.164. The van der Waals surface area contributed by atoms with E-state index >= 15 is 0 Å². The second kappa shape index (κ2) is 2.45. The molecule has 0 saturated heterocycles. The standard InChI is InChI=1S/C7H6BrN3O/c1-4-10-6(8)5-2-3-9-7(12)11(4)5/h2-3H,1H3,(H,9,12). The highest BCUT2D eigenvalue weighted by Crippen LogP contribution is 2.15. The van der Waals surface area contributed by atoms with E-state index < -0.39 is 0 Å². The van der Waals surface area contributed by atoms with Gasteiger partial charge in [0.1, 0.15) is 10.4 Å². The number of halogens is 1. The summed E-state index contributed by atoms with van der Waals surface area (Å²) in [5.41, 5.74) is 0.624. The van der Waals surface area contributed by atoms with Gasteiger partial charge < -0.3 is 4.98 Å². The van der Waals surface area contributed by atoms with Gasteiger partial charge in [-0.2, -0.15) is 0 Å². The SMILES string of the molecule is Cc1nc(Br)c2cc[nH]c(=O)n12. The highest BCUT2D eigenvalue weighted by molar-refractivity contribution is 9.10. The van der Waals surface area contributed by atoms with Crippen LogP contribution >= 0.6 is 15.9 Å². The van der Waals surface area contributed by atoms with Crippen molar-refractivity contribution in [2.75, 3.05) is 0 Å². The minimum atomic E-state index is -0.164. The molecule has 0 spiro atoms. The number of aromatic nitrogens is 3. The summed E-state index contributed by atoms with van der Waals surface area (Å²) in [6, 6.07) is 1.80. The van der Waals surface area contributed by atoms with Crippen LogP contribution in [-0.2, 0) is 0 Å². The molecule has 0 atom stereocenters. The van der Waals surface area contributed by atoms with E-state index in [-0.39, 0.29) is 5.69 Å². The van der Waals surface area contributed by atoms with Gasteiger partial charge in [-0.3, -0.25) is 0 Å². The molecule has 1 N–H and O–H groups in total. The third-order valence-electron chi connectivity index (χ3n) is 1.69. The van der Waals surface area contributed by atoms with Crippen molar-refractivity contribution in [3.05, 3.63) is 33.2 Å². The molecule has 2 rings (SSSR count). The summed E-state index contributed by atoms with van der Waals surface area (Å²) in [5.74, 6) is 0.679. The first-order chi connectivity index (χ1) is 5.70. The minimum Gasteiger partial charge on any atom is -0.314 e. The molecule has 2 aromatic rings. The second-order valence-electron chi connectivity index (χ2n) is 2.45. The van der Waals surface area contributed by atoms with Crippen LogP contribution in [0.25, 0.3) is 5.52 Å². The van der Waals surface area contributed by atoms with E-state index in [0.717, 1.165) is 5.52 Å². The van der Waals surface area contributed by atoms with Crippen LogP contribution in [0.15, 0.2) is 21.7 Å². The Balaban J connectivity index is 3.09. The lowest BCUT2D eigenvalue weighted by Gasteiger charge is -1.91. The highest BCUT2D eigenvalue weighted by Gasteiger charge is 2.06. The highest BCUT2D eigenvalue weighted by atomic mass is 79.9. The summed E-state index contributed by atoms with van der Waals surface area (Å²) in [6.45, 7) is 1.78. The number of hydrogen-bond acceptors (Lipinski definition) is 2. The summed E-state index contributed by atoms with van der Waals surface area (Å²) < 4.78 is 2.22. The lowest BCUT2D eigenvalue weighted by Crippen LogP contribution is -2.15. The second-order valence-corrected chi connectivity index (χ2v) is 3.20. The third-order valence-corrected chi connectivity index (χ3v) is 2.27. The topological polar surface area (TPSA) is 50.2 Å². The molecule has 0 bridgehead atoms. The largest absolute Gasteiger partial charge is 0.331 e. The number of imidazole rings is 1. The summed E-state index contributed by atoms with van der Waals surface area (Å²) in [4.78, 5) is 17.9. The molecule has 12 heavy (non-hydrogen) atoms.